The van der Waals surface area contributed by atoms with E-state index in [0.29, 0.717) is 18.5 Å². The van der Waals surface area contributed by atoms with E-state index >= 15 is 0 Å². The number of hydrogen-bond donors (Lipinski definition) is 0. The number of nitrogens with zero attached hydrogens (tertiary/aromatic N) is 5. The first kappa shape index (κ1) is 11.1. The van der Waals surface area contributed by atoms with Gasteiger partial charge in [-0.15, -0.1) is 11.6 Å². The summed E-state index contributed by atoms with van der Waals surface area (Å²) >= 11 is 5.72. The Morgan fingerprint density at radius 3 is 2.81 bits per heavy atom. The molecular formula is C10H14ClN5. The maximum Gasteiger partial charge on any atom is 0.148 e. The number of hydrogen-bond acceptors (Lipinski definition) is 3. The highest BCUT2D eigenvalue weighted by molar-refractivity contribution is 6.17. The summed E-state index contributed by atoms with van der Waals surface area (Å²) in [7, 11) is 0. The molecule has 0 aromatic carbocycles. The van der Waals surface area contributed by atoms with Gasteiger partial charge in [0.2, 0.25) is 0 Å². The molecule has 0 fully saturated rings. The molecule has 0 amide bonds. The lowest BCUT2D eigenvalue weighted by atomic mass is 10.4. The van der Waals surface area contributed by atoms with Crippen molar-refractivity contribution in [1.82, 2.24) is 24.5 Å². The molecule has 2 aromatic rings. The van der Waals surface area contributed by atoms with Gasteiger partial charge in [-0.25, -0.2) is 9.67 Å². The van der Waals surface area contributed by atoms with Crippen LogP contribution in [0.4, 0.5) is 0 Å². The minimum atomic E-state index is 0.306. The highest BCUT2D eigenvalue weighted by atomic mass is 35.5. The van der Waals surface area contributed by atoms with E-state index in [9.17, 15) is 0 Å². The van der Waals surface area contributed by atoms with Gasteiger partial charge in [-0.1, -0.05) is 0 Å². The zero-order valence-corrected chi connectivity index (χ0v) is 10.1. The first-order valence-corrected chi connectivity index (χ1v) is 5.70. The van der Waals surface area contributed by atoms with Crippen LogP contribution in [0.5, 0.6) is 0 Å². The molecule has 0 saturated carbocycles. The molecule has 5 nitrogen and oxygen atoms in total. The Hall–Kier alpha value is -1.36. The first-order valence-electron chi connectivity index (χ1n) is 5.16. The van der Waals surface area contributed by atoms with E-state index in [1.54, 1.807) is 12.5 Å². The third-order valence-corrected chi connectivity index (χ3v) is 2.59. The molecule has 2 aromatic heterocycles. The van der Waals surface area contributed by atoms with E-state index in [2.05, 4.69) is 29.0 Å². The molecule has 0 aliphatic carbocycles. The van der Waals surface area contributed by atoms with Crippen LogP contribution < -0.4 is 0 Å². The minimum absolute atomic E-state index is 0.306. The van der Waals surface area contributed by atoms with Crippen molar-refractivity contribution >= 4 is 11.6 Å². The van der Waals surface area contributed by atoms with E-state index in [-0.39, 0.29) is 0 Å². The summed E-state index contributed by atoms with van der Waals surface area (Å²) in [6.07, 6.45) is 5.26. The van der Waals surface area contributed by atoms with Crippen LogP contribution in [0.2, 0.25) is 0 Å². The molecule has 2 heterocycles. The van der Waals surface area contributed by atoms with Gasteiger partial charge in [-0.05, 0) is 13.8 Å². The van der Waals surface area contributed by atoms with Crippen LogP contribution in [-0.4, -0.2) is 24.5 Å². The number of rotatable bonds is 4. The van der Waals surface area contributed by atoms with Crippen molar-refractivity contribution in [2.75, 3.05) is 0 Å². The lowest BCUT2D eigenvalue weighted by molar-refractivity contribution is 0.488. The summed E-state index contributed by atoms with van der Waals surface area (Å²) in [4.78, 5) is 4.23. The highest BCUT2D eigenvalue weighted by Crippen LogP contribution is 2.08. The summed E-state index contributed by atoms with van der Waals surface area (Å²) in [6, 6.07) is 0.306. The third kappa shape index (κ3) is 2.24. The Morgan fingerprint density at radius 2 is 2.19 bits per heavy atom. The van der Waals surface area contributed by atoms with Crippen molar-refractivity contribution in [3.05, 3.63) is 30.1 Å². The first-order chi connectivity index (χ1) is 7.70. The topological polar surface area (TPSA) is 48.5 Å². The number of aromatic nitrogens is 5. The smallest absolute Gasteiger partial charge is 0.148 e. The molecule has 6 heteroatoms. The van der Waals surface area contributed by atoms with Crippen LogP contribution in [0, 0.1) is 0 Å². The van der Waals surface area contributed by atoms with E-state index in [0.717, 1.165) is 11.4 Å². The molecule has 0 unspecified atom stereocenters. The summed E-state index contributed by atoms with van der Waals surface area (Å²) in [5.74, 6) is 1.39. The maximum absolute atomic E-state index is 5.72. The molecule has 0 spiro atoms. The molecule has 0 saturated heterocycles. The Morgan fingerprint density at radius 1 is 1.38 bits per heavy atom. The van der Waals surface area contributed by atoms with Gasteiger partial charge in [0.15, 0.2) is 0 Å². The molecule has 0 aliphatic rings. The van der Waals surface area contributed by atoms with Crippen molar-refractivity contribution in [1.29, 1.82) is 0 Å². The zero-order valence-electron chi connectivity index (χ0n) is 9.34. The molecule has 0 N–H and O–H groups in total. The molecule has 0 aliphatic heterocycles. The van der Waals surface area contributed by atoms with Crippen LogP contribution in [0.3, 0.4) is 0 Å². The number of alkyl halides is 1. The van der Waals surface area contributed by atoms with Gasteiger partial charge >= 0.3 is 0 Å². The molecular weight excluding hydrogens is 226 g/mol. The Kier molecular flexibility index (Phi) is 3.24. The van der Waals surface area contributed by atoms with Crippen LogP contribution >= 0.6 is 11.6 Å². The summed E-state index contributed by atoms with van der Waals surface area (Å²) in [5, 5.41) is 8.39. The molecule has 0 atom stereocenters. The largest absolute Gasteiger partial charge is 0.265 e. The van der Waals surface area contributed by atoms with E-state index in [1.165, 1.54) is 0 Å². The second kappa shape index (κ2) is 4.65. The monoisotopic (exact) mass is 239 g/mol. The lowest BCUT2D eigenvalue weighted by Crippen LogP contribution is -2.12. The van der Waals surface area contributed by atoms with Crippen molar-refractivity contribution in [3.63, 3.8) is 0 Å². The predicted octanol–water partition coefficient (Wildman–Crippen LogP) is 1.84. The van der Waals surface area contributed by atoms with Crippen molar-refractivity contribution in [3.8, 4) is 0 Å². The van der Waals surface area contributed by atoms with Gasteiger partial charge in [0.05, 0.1) is 12.1 Å². The third-order valence-electron chi connectivity index (χ3n) is 2.28. The SMILES string of the molecule is CC(C)n1ncnc1Cn1cc(CCl)cn1. The van der Waals surface area contributed by atoms with Gasteiger partial charge < -0.3 is 0 Å². The van der Waals surface area contributed by atoms with E-state index in [1.807, 2.05) is 15.6 Å². The van der Waals surface area contributed by atoms with Crippen LogP contribution in [0.15, 0.2) is 18.7 Å². The molecule has 2 rings (SSSR count). The molecule has 0 bridgehead atoms. The van der Waals surface area contributed by atoms with Crippen LogP contribution in [0.25, 0.3) is 0 Å². The Labute approximate surface area is 99.1 Å². The molecule has 0 radical (unpaired) electrons. The lowest BCUT2D eigenvalue weighted by Gasteiger charge is -2.08. The predicted molar refractivity (Wildman–Crippen MR) is 61.3 cm³/mol. The second-order valence-corrected chi connectivity index (χ2v) is 4.16. The van der Waals surface area contributed by atoms with Gasteiger partial charge in [-0.2, -0.15) is 10.2 Å². The second-order valence-electron chi connectivity index (χ2n) is 3.89. The van der Waals surface area contributed by atoms with E-state index in [4.69, 9.17) is 11.6 Å². The van der Waals surface area contributed by atoms with Crippen LogP contribution in [-0.2, 0) is 12.4 Å². The van der Waals surface area contributed by atoms with Crippen molar-refractivity contribution < 1.29 is 0 Å². The average Bonchev–Trinajstić information content (AvgIpc) is 2.87. The fourth-order valence-corrected chi connectivity index (χ4v) is 1.66. The highest BCUT2D eigenvalue weighted by Gasteiger charge is 2.08. The van der Waals surface area contributed by atoms with Crippen molar-refractivity contribution in [2.45, 2.75) is 32.3 Å². The summed E-state index contributed by atoms with van der Waals surface area (Å²) < 4.78 is 3.71. The summed E-state index contributed by atoms with van der Waals surface area (Å²) in [5.41, 5.74) is 1.01. The Bertz CT molecular complexity index is 459. The maximum atomic E-state index is 5.72. The fourth-order valence-electron chi connectivity index (χ4n) is 1.53. The Balaban J connectivity index is 2.17. The quantitative estimate of drug-likeness (QED) is 0.765. The standard InChI is InChI=1S/C10H14ClN5/c1-8(2)16-10(12-7-14-16)6-15-5-9(3-11)4-13-15/h4-5,7-8H,3,6H2,1-2H3. The minimum Gasteiger partial charge on any atom is -0.265 e. The molecule has 86 valence electrons. The van der Waals surface area contributed by atoms with Crippen LogP contribution in [0.1, 0.15) is 31.3 Å². The van der Waals surface area contributed by atoms with Gasteiger partial charge in [0.1, 0.15) is 18.7 Å². The van der Waals surface area contributed by atoms with E-state index < -0.39 is 0 Å². The number of halogens is 1. The summed E-state index contributed by atoms with van der Waals surface area (Å²) in [6.45, 7) is 4.77. The average molecular weight is 240 g/mol. The normalized spacial score (nSPS) is 11.2. The fraction of sp³-hybridized carbons (Fsp3) is 0.500. The van der Waals surface area contributed by atoms with Crippen molar-refractivity contribution in [2.24, 2.45) is 0 Å². The van der Waals surface area contributed by atoms with Gasteiger partial charge in [0.25, 0.3) is 0 Å². The molecule has 16 heavy (non-hydrogen) atoms. The van der Waals surface area contributed by atoms with Gasteiger partial charge in [0, 0.05) is 17.8 Å². The zero-order chi connectivity index (χ0) is 11.5. The van der Waals surface area contributed by atoms with Gasteiger partial charge in [-0.3, -0.25) is 4.68 Å².